The molecule has 1 amide bonds. The van der Waals surface area contributed by atoms with Crippen LogP contribution in [0.3, 0.4) is 0 Å². The van der Waals surface area contributed by atoms with Crippen molar-refractivity contribution in [3.05, 3.63) is 23.8 Å². The van der Waals surface area contributed by atoms with Crippen molar-refractivity contribution in [3.63, 3.8) is 0 Å². The molecule has 0 unspecified atom stereocenters. The van der Waals surface area contributed by atoms with Crippen LogP contribution in [0.1, 0.15) is 16.8 Å². The van der Waals surface area contributed by atoms with Gasteiger partial charge in [0.2, 0.25) is 6.79 Å². The number of benzene rings is 1. The number of nitrogens with zero attached hydrogens (tertiary/aromatic N) is 2. The second-order valence-corrected chi connectivity index (χ2v) is 6.54. The van der Waals surface area contributed by atoms with E-state index in [-0.39, 0.29) is 18.8 Å². The zero-order valence-corrected chi connectivity index (χ0v) is 13.4. The molecule has 0 spiro atoms. The highest BCUT2D eigenvalue weighted by atomic mass is 16.7. The zero-order valence-electron chi connectivity index (χ0n) is 13.4. The summed E-state index contributed by atoms with van der Waals surface area (Å²) in [5, 5.41) is 0. The number of ether oxygens (including phenoxy) is 3. The van der Waals surface area contributed by atoms with Crippen molar-refractivity contribution in [2.45, 2.75) is 12.5 Å². The van der Waals surface area contributed by atoms with Gasteiger partial charge >= 0.3 is 0 Å². The van der Waals surface area contributed by atoms with Gasteiger partial charge < -0.3 is 24.0 Å². The minimum absolute atomic E-state index is 0.0444. The fraction of sp³-hybridized carbons (Fsp3) is 0.588. The van der Waals surface area contributed by atoms with Crippen LogP contribution in [-0.4, -0.2) is 68.4 Å². The standard InChI is InChI=1S/C17H22N2O4/c1-18-6-7-21-16-10-19(5-4-13(16)9-18)17(20)12-2-3-14-15(8-12)23-11-22-14/h2-3,8,13,16H,4-7,9-11H2,1H3/t13-,16-/m0/s1. The number of rotatable bonds is 1. The lowest BCUT2D eigenvalue weighted by Crippen LogP contribution is -2.48. The second-order valence-electron chi connectivity index (χ2n) is 6.54. The molecule has 0 N–H and O–H groups in total. The third-order valence-corrected chi connectivity index (χ3v) is 4.95. The maximum Gasteiger partial charge on any atom is 0.254 e. The summed E-state index contributed by atoms with van der Waals surface area (Å²) in [7, 11) is 2.13. The lowest BCUT2D eigenvalue weighted by atomic mass is 9.93. The largest absolute Gasteiger partial charge is 0.454 e. The van der Waals surface area contributed by atoms with Gasteiger partial charge in [0.05, 0.1) is 12.7 Å². The van der Waals surface area contributed by atoms with Crippen LogP contribution in [0.25, 0.3) is 0 Å². The van der Waals surface area contributed by atoms with Crippen molar-refractivity contribution in [2.75, 3.05) is 46.6 Å². The molecule has 3 aliphatic rings. The normalized spacial score (nSPS) is 27.4. The Hall–Kier alpha value is -1.79. The van der Waals surface area contributed by atoms with Gasteiger partial charge in [-0.05, 0) is 31.7 Å². The number of hydrogen-bond donors (Lipinski definition) is 0. The monoisotopic (exact) mass is 318 g/mol. The van der Waals surface area contributed by atoms with Gasteiger partial charge in [0.25, 0.3) is 5.91 Å². The van der Waals surface area contributed by atoms with E-state index in [0.717, 1.165) is 32.7 Å². The number of amides is 1. The fourth-order valence-corrected chi connectivity index (χ4v) is 3.61. The third-order valence-electron chi connectivity index (χ3n) is 4.95. The van der Waals surface area contributed by atoms with Crippen molar-refractivity contribution >= 4 is 5.91 Å². The molecule has 23 heavy (non-hydrogen) atoms. The van der Waals surface area contributed by atoms with Crippen LogP contribution in [0.4, 0.5) is 0 Å². The van der Waals surface area contributed by atoms with E-state index in [1.54, 1.807) is 12.1 Å². The molecule has 0 radical (unpaired) electrons. The summed E-state index contributed by atoms with van der Waals surface area (Å²) < 4.78 is 16.7. The highest BCUT2D eigenvalue weighted by Crippen LogP contribution is 2.33. The Kier molecular flexibility index (Phi) is 3.87. The Balaban J connectivity index is 1.47. The molecular formula is C17H22N2O4. The molecular weight excluding hydrogens is 296 g/mol. The predicted molar refractivity (Wildman–Crippen MR) is 83.8 cm³/mol. The van der Waals surface area contributed by atoms with E-state index in [1.807, 2.05) is 11.0 Å². The Morgan fingerprint density at radius 3 is 2.96 bits per heavy atom. The summed E-state index contributed by atoms with van der Waals surface area (Å²) in [6, 6.07) is 5.39. The first-order valence-electron chi connectivity index (χ1n) is 8.20. The van der Waals surface area contributed by atoms with Gasteiger partial charge in [-0.15, -0.1) is 0 Å². The second kappa shape index (κ2) is 6.02. The maximum atomic E-state index is 12.8. The quantitative estimate of drug-likeness (QED) is 0.779. The van der Waals surface area contributed by atoms with Gasteiger partial charge in [0.1, 0.15) is 0 Å². The summed E-state index contributed by atoms with van der Waals surface area (Å²) in [6.45, 7) is 4.43. The van der Waals surface area contributed by atoms with E-state index in [9.17, 15) is 4.79 Å². The van der Waals surface area contributed by atoms with Gasteiger partial charge in [-0.3, -0.25) is 4.79 Å². The van der Waals surface area contributed by atoms with E-state index in [0.29, 0.717) is 29.5 Å². The lowest BCUT2D eigenvalue weighted by molar-refractivity contribution is -0.0170. The Morgan fingerprint density at radius 1 is 1.17 bits per heavy atom. The molecule has 0 bridgehead atoms. The van der Waals surface area contributed by atoms with Crippen LogP contribution in [0.15, 0.2) is 18.2 Å². The topological polar surface area (TPSA) is 51.2 Å². The van der Waals surface area contributed by atoms with Crippen LogP contribution >= 0.6 is 0 Å². The lowest BCUT2D eigenvalue weighted by Gasteiger charge is -2.37. The maximum absolute atomic E-state index is 12.8. The number of hydrogen-bond acceptors (Lipinski definition) is 5. The van der Waals surface area contributed by atoms with Crippen molar-refractivity contribution < 1.29 is 19.0 Å². The smallest absolute Gasteiger partial charge is 0.254 e. The van der Waals surface area contributed by atoms with E-state index in [2.05, 4.69) is 11.9 Å². The van der Waals surface area contributed by atoms with Gasteiger partial charge in [0.15, 0.2) is 11.5 Å². The number of carbonyl (C=O) groups excluding carboxylic acids is 1. The van der Waals surface area contributed by atoms with Crippen LogP contribution in [-0.2, 0) is 4.74 Å². The molecule has 2 fully saturated rings. The van der Waals surface area contributed by atoms with E-state index < -0.39 is 0 Å². The third kappa shape index (κ3) is 2.88. The summed E-state index contributed by atoms with van der Waals surface area (Å²) in [5.41, 5.74) is 0.651. The number of fused-ring (bicyclic) bond motifs is 2. The highest BCUT2D eigenvalue weighted by molar-refractivity contribution is 5.95. The SMILES string of the molecule is CN1CCO[C@H]2CN(C(=O)c3ccc4c(c3)OCO4)CC[C@H]2C1. The average Bonchev–Trinajstić information content (AvgIpc) is 2.94. The van der Waals surface area contributed by atoms with Crippen molar-refractivity contribution in [2.24, 2.45) is 5.92 Å². The first-order chi connectivity index (χ1) is 11.2. The van der Waals surface area contributed by atoms with Crippen LogP contribution in [0.5, 0.6) is 11.5 Å². The van der Waals surface area contributed by atoms with Crippen molar-refractivity contribution in [1.82, 2.24) is 9.80 Å². The molecule has 6 heteroatoms. The minimum atomic E-state index is 0.0444. The Bertz CT molecular complexity index is 606. The first-order valence-corrected chi connectivity index (χ1v) is 8.20. The van der Waals surface area contributed by atoms with Crippen molar-refractivity contribution in [1.29, 1.82) is 0 Å². The first kappa shape index (κ1) is 14.8. The highest BCUT2D eigenvalue weighted by Gasteiger charge is 2.34. The molecule has 2 atom stereocenters. The van der Waals surface area contributed by atoms with Gasteiger partial charge in [0, 0.05) is 37.7 Å². The number of carbonyl (C=O) groups is 1. The molecule has 6 nitrogen and oxygen atoms in total. The molecule has 4 rings (SSSR count). The fourth-order valence-electron chi connectivity index (χ4n) is 3.61. The number of likely N-dealkylation sites (tertiary alicyclic amines) is 1. The summed E-state index contributed by atoms with van der Waals surface area (Å²) in [4.78, 5) is 17.0. The Labute approximate surface area is 135 Å². The van der Waals surface area contributed by atoms with Crippen molar-refractivity contribution in [3.8, 4) is 11.5 Å². The molecule has 2 saturated heterocycles. The Morgan fingerprint density at radius 2 is 2.04 bits per heavy atom. The van der Waals surface area contributed by atoms with E-state index >= 15 is 0 Å². The summed E-state index contributed by atoms with van der Waals surface area (Å²) in [6.07, 6.45) is 1.14. The average molecular weight is 318 g/mol. The van der Waals surface area contributed by atoms with E-state index in [4.69, 9.17) is 14.2 Å². The zero-order chi connectivity index (χ0) is 15.8. The number of likely N-dealkylation sites (N-methyl/N-ethyl adjacent to an activating group) is 1. The molecule has 124 valence electrons. The molecule has 0 aliphatic carbocycles. The molecule has 1 aromatic rings. The summed E-state index contributed by atoms with van der Waals surface area (Å²) in [5.74, 6) is 1.92. The molecule has 3 aliphatic heterocycles. The summed E-state index contributed by atoms with van der Waals surface area (Å²) >= 11 is 0. The molecule has 0 aromatic heterocycles. The van der Waals surface area contributed by atoms with Gasteiger partial charge in [-0.1, -0.05) is 0 Å². The molecule has 0 saturated carbocycles. The molecule has 3 heterocycles. The van der Waals surface area contributed by atoms with Crippen LogP contribution in [0.2, 0.25) is 0 Å². The number of piperidine rings is 1. The van der Waals surface area contributed by atoms with Gasteiger partial charge in [-0.25, -0.2) is 0 Å². The van der Waals surface area contributed by atoms with Crippen LogP contribution in [0, 0.1) is 5.92 Å². The van der Waals surface area contributed by atoms with Crippen LogP contribution < -0.4 is 9.47 Å². The van der Waals surface area contributed by atoms with E-state index in [1.165, 1.54) is 0 Å². The van der Waals surface area contributed by atoms with Gasteiger partial charge in [-0.2, -0.15) is 0 Å². The predicted octanol–water partition coefficient (Wildman–Crippen LogP) is 1.21. The minimum Gasteiger partial charge on any atom is -0.454 e. The molecule has 1 aromatic carbocycles.